The van der Waals surface area contributed by atoms with Crippen molar-refractivity contribution in [3.63, 3.8) is 0 Å². The number of pyridine rings is 1. The van der Waals surface area contributed by atoms with Gasteiger partial charge in [-0.3, -0.25) is 0 Å². The third-order valence-electron chi connectivity index (χ3n) is 4.13. The van der Waals surface area contributed by atoms with Gasteiger partial charge in [0.1, 0.15) is 5.82 Å². The largest absolute Gasteiger partial charge is 0.376 e. The van der Waals surface area contributed by atoms with Crippen molar-refractivity contribution in [2.24, 2.45) is 5.73 Å². The predicted molar refractivity (Wildman–Crippen MR) is 116 cm³/mol. The lowest BCUT2D eigenvalue weighted by Gasteiger charge is -2.07. The Morgan fingerprint density at radius 1 is 1.18 bits per heavy atom. The maximum Gasteiger partial charge on any atom is 0.188 e. The van der Waals surface area contributed by atoms with Gasteiger partial charge >= 0.3 is 0 Å². The van der Waals surface area contributed by atoms with Crippen LogP contribution in [0, 0.1) is 6.92 Å². The smallest absolute Gasteiger partial charge is 0.188 e. The van der Waals surface area contributed by atoms with E-state index in [4.69, 9.17) is 5.73 Å². The van der Waals surface area contributed by atoms with E-state index >= 15 is 0 Å². The molecule has 0 atom stereocenters. The van der Waals surface area contributed by atoms with Gasteiger partial charge in [0.15, 0.2) is 11.1 Å². The lowest BCUT2D eigenvalue weighted by atomic mass is 9.98. The summed E-state index contributed by atoms with van der Waals surface area (Å²) in [5.74, 6) is 0.0294. The second-order valence-electron chi connectivity index (χ2n) is 6.23. The average molecular weight is 393 g/mol. The molecule has 0 unspecified atom stereocenters. The minimum Gasteiger partial charge on any atom is -0.376 e. The minimum absolute atomic E-state index is 0.702. The maximum atomic E-state index is 13.2. The molecule has 0 saturated heterocycles. The number of aryl methyl sites for hydroxylation is 1. The van der Waals surface area contributed by atoms with Gasteiger partial charge in [0.05, 0.1) is 5.69 Å². The third-order valence-corrected chi connectivity index (χ3v) is 4.89. The van der Waals surface area contributed by atoms with Crippen LogP contribution in [0.5, 0.6) is 0 Å². The highest BCUT2D eigenvalue weighted by Gasteiger charge is 2.08. The normalized spacial score (nSPS) is 12.5. The lowest BCUT2D eigenvalue weighted by molar-refractivity contribution is 0.628. The zero-order valence-electron chi connectivity index (χ0n) is 15.7. The Morgan fingerprint density at radius 3 is 2.57 bits per heavy atom. The summed E-state index contributed by atoms with van der Waals surface area (Å²) in [6, 6.07) is 13.6. The number of nitrogens with zero attached hydrogens (tertiary/aromatic N) is 2. The van der Waals surface area contributed by atoms with Crippen molar-refractivity contribution < 1.29 is 4.39 Å². The fraction of sp³-hybridized carbons (Fsp3) is 0.0909. The van der Waals surface area contributed by atoms with E-state index in [2.05, 4.69) is 21.9 Å². The third kappa shape index (κ3) is 4.72. The number of anilines is 2. The number of rotatable bonds is 6. The predicted octanol–water partition coefficient (Wildman–Crippen LogP) is 5.99. The summed E-state index contributed by atoms with van der Waals surface area (Å²) in [6.45, 7) is 7.57. The van der Waals surface area contributed by atoms with Crippen LogP contribution >= 0.6 is 11.3 Å². The first-order valence-corrected chi connectivity index (χ1v) is 9.57. The van der Waals surface area contributed by atoms with Gasteiger partial charge in [0.2, 0.25) is 0 Å². The van der Waals surface area contributed by atoms with Crippen LogP contribution in [-0.4, -0.2) is 9.97 Å². The number of allylic oxidation sites excluding steroid dienone is 4. The van der Waals surface area contributed by atoms with E-state index in [-0.39, 0.29) is 0 Å². The van der Waals surface area contributed by atoms with Crippen LogP contribution in [0.2, 0.25) is 0 Å². The molecule has 28 heavy (non-hydrogen) atoms. The van der Waals surface area contributed by atoms with Gasteiger partial charge in [-0.2, -0.15) is 4.39 Å². The van der Waals surface area contributed by atoms with Gasteiger partial charge in [0, 0.05) is 16.6 Å². The molecule has 0 spiro atoms. The van der Waals surface area contributed by atoms with E-state index in [1.165, 1.54) is 17.4 Å². The highest BCUT2D eigenvalue weighted by atomic mass is 32.1. The molecule has 6 heteroatoms. The number of nitrogens with two attached hydrogens (primary N) is 1. The zero-order chi connectivity index (χ0) is 20.1. The van der Waals surface area contributed by atoms with E-state index in [0.717, 1.165) is 39.0 Å². The molecule has 4 nitrogen and oxygen atoms in total. The molecule has 3 aromatic rings. The van der Waals surface area contributed by atoms with Crippen LogP contribution < -0.4 is 11.1 Å². The van der Waals surface area contributed by atoms with Crippen LogP contribution in [-0.2, 0) is 0 Å². The van der Waals surface area contributed by atoms with E-state index in [1.54, 1.807) is 6.08 Å². The Kier molecular flexibility index (Phi) is 6.01. The molecule has 0 fully saturated rings. The Morgan fingerprint density at radius 2 is 1.93 bits per heavy atom. The number of thiazole rings is 1. The number of hydrogen-bond acceptors (Lipinski definition) is 5. The minimum atomic E-state index is -0.736. The number of halogens is 1. The molecule has 0 aliphatic carbocycles. The summed E-state index contributed by atoms with van der Waals surface area (Å²) in [6.07, 6.45) is 2.99. The van der Waals surface area contributed by atoms with Crippen molar-refractivity contribution in [2.45, 2.75) is 13.8 Å². The van der Waals surface area contributed by atoms with Crippen molar-refractivity contribution in [2.75, 3.05) is 5.32 Å². The number of hydrogen-bond donors (Lipinski definition) is 2. The summed E-state index contributed by atoms with van der Waals surface area (Å²) in [4.78, 5) is 9.05. The van der Waals surface area contributed by atoms with Gasteiger partial charge in [-0.1, -0.05) is 43.0 Å². The number of aromatic nitrogens is 2. The quantitative estimate of drug-likeness (QED) is 0.400. The molecular weight excluding hydrogens is 371 g/mol. The second-order valence-corrected chi connectivity index (χ2v) is 7.09. The van der Waals surface area contributed by atoms with Crippen molar-refractivity contribution in [1.29, 1.82) is 0 Å². The monoisotopic (exact) mass is 392 g/mol. The van der Waals surface area contributed by atoms with Crippen molar-refractivity contribution in [3.05, 3.63) is 89.4 Å². The van der Waals surface area contributed by atoms with Crippen molar-refractivity contribution in [3.8, 4) is 11.3 Å². The van der Waals surface area contributed by atoms with Crippen molar-refractivity contribution in [1.82, 2.24) is 9.97 Å². The molecule has 2 heterocycles. The SMILES string of the molecule is C=C/C(C)=C(\C=C(/N)F)c1ccc(-c2csc(Nc3cccc(C)n3)n2)cc1. The molecule has 2 aromatic heterocycles. The highest BCUT2D eigenvalue weighted by molar-refractivity contribution is 7.14. The molecule has 1 aromatic carbocycles. The molecular formula is C22H21FN4S. The first-order chi connectivity index (χ1) is 13.5. The van der Waals surface area contributed by atoms with Crippen molar-refractivity contribution >= 4 is 27.9 Å². The van der Waals surface area contributed by atoms with Crippen LogP contribution in [0.3, 0.4) is 0 Å². The Hall–Kier alpha value is -3.25. The van der Waals surface area contributed by atoms with Crippen LogP contribution in [0.1, 0.15) is 18.2 Å². The molecule has 0 aliphatic rings. The van der Waals surface area contributed by atoms with E-state index in [1.807, 2.05) is 61.7 Å². The summed E-state index contributed by atoms with van der Waals surface area (Å²) < 4.78 is 13.2. The first kappa shape index (κ1) is 19.5. The molecule has 0 radical (unpaired) electrons. The Bertz CT molecular complexity index is 1040. The molecule has 0 bridgehead atoms. The van der Waals surface area contributed by atoms with Gasteiger partial charge in [-0.25, -0.2) is 9.97 Å². The summed E-state index contributed by atoms with van der Waals surface area (Å²) in [7, 11) is 0. The van der Waals surface area contributed by atoms with Gasteiger partial charge in [-0.05, 0) is 48.8 Å². The Labute approximate surface area is 168 Å². The van der Waals surface area contributed by atoms with E-state index in [0.29, 0.717) is 5.57 Å². The standard InChI is InChI=1S/C22H21FN4S/c1-4-14(2)18(12-20(23)24)16-8-10-17(11-9-16)19-13-28-22(26-19)27-21-7-5-6-15(3)25-21/h4-13H,1,24H2,2-3H3,(H,25,26,27)/b18-14+,20-12-. The number of benzene rings is 1. The topological polar surface area (TPSA) is 63.8 Å². The molecule has 0 aliphatic heterocycles. The van der Waals surface area contributed by atoms with Gasteiger partial charge < -0.3 is 11.1 Å². The molecule has 0 saturated carbocycles. The Balaban J connectivity index is 1.83. The molecule has 3 rings (SSSR count). The first-order valence-electron chi connectivity index (χ1n) is 8.69. The van der Waals surface area contributed by atoms with Crippen LogP contribution in [0.4, 0.5) is 15.3 Å². The fourth-order valence-electron chi connectivity index (χ4n) is 2.68. The van der Waals surface area contributed by atoms with Crippen LogP contribution in [0.25, 0.3) is 16.8 Å². The number of nitrogens with one attached hydrogen (secondary N) is 1. The van der Waals surface area contributed by atoms with Gasteiger partial charge in [-0.15, -0.1) is 11.3 Å². The average Bonchev–Trinajstić information content (AvgIpc) is 3.14. The van der Waals surface area contributed by atoms with E-state index in [9.17, 15) is 4.39 Å². The molecule has 142 valence electrons. The summed E-state index contributed by atoms with van der Waals surface area (Å²) in [5.41, 5.74) is 10.4. The lowest BCUT2D eigenvalue weighted by Crippen LogP contribution is -1.94. The van der Waals surface area contributed by atoms with Gasteiger partial charge in [0.25, 0.3) is 0 Å². The summed E-state index contributed by atoms with van der Waals surface area (Å²) >= 11 is 1.51. The second kappa shape index (κ2) is 8.63. The summed E-state index contributed by atoms with van der Waals surface area (Å²) in [5, 5.41) is 5.98. The zero-order valence-corrected chi connectivity index (χ0v) is 16.6. The molecule has 3 N–H and O–H groups in total. The van der Waals surface area contributed by atoms with Crippen LogP contribution in [0.15, 0.2) is 78.1 Å². The fourth-order valence-corrected chi connectivity index (χ4v) is 3.41. The highest BCUT2D eigenvalue weighted by Crippen LogP contribution is 2.29. The molecule has 0 amide bonds. The maximum absolute atomic E-state index is 13.2. The van der Waals surface area contributed by atoms with E-state index < -0.39 is 5.95 Å².